The molecule has 0 atom stereocenters. The van der Waals surface area contributed by atoms with Crippen LogP contribution in [0.25, 0.3) is 0 Å². The standard InChI is InChI=1S/C20H22F3N7/c1-29-6-3-14(4-7-29)16-9-18(28-19(26-16)30-11-13(10-24)12-30)27-17-8-15(2-5-25-17)20(21,22)23/h2,5,8-9,13-14H,3-4,6-7,11-12H2,1H3,(H,25,26,27,28). The van der Waals surface area contributed by atoms with E-state index in [1.54, 1.807) is 6.07 Å². The summed E-state index contributed by atoms with van der Waals surface area (Å²) < 4.78 is 39.1. The van der Waals surface area contributed by atoms with E-state index < -0.39 is 11.7 Å². The first kappa shape index (κ1) is 20.3. The van der Waals surface area contributed by atoms with E-state index in [0.29, 0.717) is 24.9 Å². The molecule has 2 aliphatic rings. The maximum atomic E-state index is 13.0. The van der Waals surface area contributed by atoms with Crippen molar-refractivity contribution in [1.29, 1.82) is 5.26 Å². The second-order valence-electron chi connectivity index (χ2n) is 7.84. The van der Waals surface area contributed by atoms with E-state index in [2.05, 4.69) is 33.3 Å². The maximum absolute atomic E-state index is 13.0. The second kappa shape index (κ2) is 8.07. The lowest BCUT2D eigenvalue weighted by molar-refractivity contribution is -0.137. The number of likely N-dealkylation sites (tertiary alicyclic amines) is 1. The number of nitriles is 1. The van der Waals surface area contributed by atoms with Gasteiger partial charge in [0.25, 0.3) is 0 Å². The Morgan fingerprint density at radius 3 is 2.53 bits per heavy atom. The zero-order valence-electron chi connectivity index (χ0n) is 16.5. The van der Waals surface area contributed by atoms with Crippen molar-refractivity contribution < 1.29 is 13.2 Å². The van der Waals surface area contributed by atoms with Crippen molar-refractivity contribution in [3.8, 4) is 6.07 Å². The van der Waals surface area contributed by atoms with Gasteiger partial charge in [-0.15, -0.1) is 0 Å². The SMILES string of the molecule is CN1CCC(c2cc(Nc3cc(C(F)(F)F)ccn3)nc(N3CC(C#N)C3)n2)CC1. The first-order valence-electron chi connectivity index (χ1n) is 9.84. The Labute approximate surface area is 172 Å². The molecule has 1 N–H and O–H groups in total. The largest absolute Gasteiger partial charge is 0.416 e. The van der Waals surface area contributed by atoms with E-state index in [1.807, 2.05) is 4.90 Å². The van der Waals surface area contributed by atoms with Crippen LogP contribution in [0.15, 0.2) is 24.4 Å². The third-order valence-electron chi connectivity index (χ3n) is 5.56. The zero-order chi connectivity index (χ0) is 21.3. The van der Waals surface area contributed by atoms with E-state index in [0.717, 1.165) is 50.0 Å². The van der Waals surface area contributed by atoms with Crippen LogP contribution >= 0.6 is 0 Å². The van der Waals surface area contributed by atoms with Crippen LogP contribution < -0.4 is 10.2 Å². The van der Waals surface area contributed by atoms with Gasteiger partial charge in [0.15, 0.2) is 0 Å². The minimum absolute atomic E-state index is 0.0536. The summed E-state index contributed by atoms with van der Waals surface area (Å²) in [5, 5.41) is 11.9. The van der Waals surface area contributed by atoms with Gasteiger partial charge < -0.3 is 15.1 Å². The molecule has 158 valence electrons. The zero-order valence-corrected chi connectivity index (χ0v) is 16.5. The summed E-state index contributed by atoms with van der Waals surface area (Å²) in [4.78, 5) is 17.4. The lowest BCUT2D eigenvalue weighted by Crippen LogP contribution is -2.47. The summed E-state index contributed by atoms with van der Waals surface area (Å²) in [5.41, 5.74) is 0.0902. The van der Waals surface area contributed by atoms with Crippen LogP contribution in [-0.4, -0.2) is 53.1 Å². The molecule has 2 aliphatic heterocycles. The number of nitrogens with zero attached hydrogens (tertiary/aromatic N) is 6. The molecule has 30 heavy (non-hydrogen) atoms. The van der Waals surface area contributed by atoms with Gasteiger partial charge in [-0.05, 0) is 45.1 Å². The first-order chi connectivity index (χ1) is 14.3. The minimum Gasteiger partial charge on any atom is -0.338 e. The monoisotopic (exact) mass is 417 g/mol. The van der Waals surface area contributed by atoms with E-state index >= 15 is 0 Å². The number of alkyl halides is 3. The molecule has 2 aromatic rings. The second-order valence-corrected chi connectivity index (χ2v) is 7.84. The molecule has 7 nitrogen and oxygen atoms in total. The normalized spacial score (nSPS) is 18.7. The van der Waals surface area contributed by atoms with Gasteiger partial charge >= 0.3 is 6.18 Å². The van der Waals surface area contributed by atoms with Crippen LogP contribution in [0.2, 0.25) is 0 Å². The van der Waals surface area contributed by atoms with Crippen molar-refractivity contribution in [1.82, 2.24) is 19.9 Å². The molecule has 0 amide bonds. The summed E-state index contributed by atoms with van der Waals surface area (Å²) in [5.74, 6) is 1.17. The number of hydrogen-bond acceptors (Lipinski definition) is 7. The van der Waals surface area contributed by atoms with Gasteiger partial charge in [-0.2, -0.15) is 23.4 Å². The molecule has 0 aliphatic carbocycles. The Hall–Kier alpha value is -2.93. The molecule has 4 heterocycles. The molecule has 4 rings (SSSR count). The number of pyridine rings is 1. The molecule has 2 aromatic heterocycles. The van der Waals surface area contributed by atoms with Crippen molar-refractivity contribution >= 4 is 17.6 Å². The Bertz CT molecular complexity index is 942. The van der Waals surface area contributed by atoms with Crippen molar-refractivity contribution in [3.05, 3.63) is 35.7 Å². The number of hydrogen-bond donors (Lipinski definition) is 1. The number of nitrogens with one attached hydrogen (secondary N) is 1. The molecule has 0 aromatic carbocycles. The summed E-state index contributed by atoms with van der Waals surface area (Å²) in [6.07, 6.45) is -1.42. The van der Waals surface area contributed by atoms with Gasteiger partial charge in [0.2, 0.25) is 5.95 Å². The van der Waals surface area contributed by atoms with Crippen LogP contribution in [0.5, 0.6) is 0 Å². The topological polar surface area (TPSA) is 81.0 Å². The number of piperidine rings is 1. The summed E-state index contributed by atoms with van der Waals surface area (Å²) in [6, 6.07) is 5.92. The lowest BCUT2D eigenvalue weighted by Gasteiger charge is -2.36. The van der Waals surface area contributed by atoms with Crippen LogP contribution in [0.4, 0.5) is 30.8 Å². The molecule has 0 saturated carbocycles. The molecule has 10 heteroatoms. The third-order valence-corrected chi connectivity index (χ3v) is 5.56. The number of anilines is 3. The minimum atomic E-state index is -4.45. The smallest absolute Gasteiger partial charge is 0.338 e. The van der Waals surface area contributed by atoms with Crippen LogP contribution in [0, 0.1) is 17.2 Å². The molecule has 2 saturated heterocycles. The molecule has 0 unspecified atom stereocenters. The van der Waals surface area contributed by atoms with Gasteiger partial charge in [-0.3, -0.25) is 0 Å². The fraction of sp³-hybridized carbons (Fsp3) is 0.500. The molecular formula is C20H22F3N7. The van der Waals surface area contributed by atoms with Gasteiger partial charge in [0, 0.05) is 31.3 Å². The fourth-order valence-electron chi connectivity index (χ4n) is 3.70. The molecule has 2 fully saturated rings. The number of rotatable bonds is 4. The average molecular weight is 417 g/mol. The Kier molecular flexibility index (Phi) is 5.47. The third kappa shape index (κ3) is 4.46. The number of aromatic nitrogens is 3. The van der Waals surface area contributed by atoms with Crippen LogP contribution in [0.3, 0.4) is 0 Å². The van der Waals surface area contributed by atoms with Gasteiger partial charge in [0.05, 0.1) is 23.2 Å². The average Bonchev–Trinajstić information content (AvgIpc) is 2.67. The Balaban J connectivity index is 1.62. The molecule has 0 spiro atoms. The quantitative estimate of drug-likeness (QED) is 0.817. The van der Waals surface area contributed by atoms with Crippen molar-refractivity contribution in [2.75, 3.05) is 43.4 Å². The highest BCUT2D eigenvalue weighted by Gasteiger charge is 2.32. The van der Waals surface area contributed by atoms with Crippen molar-refractivity contribution in [2.45, 2.75) is 24.9 Å². The Morgan fingerprint density at radius 2 is 1.87 bits per heavy atom. The molecule has 0 radical (unpaired) electrons. The van der Waals surface area contributed by atoms with Crippen molar-refractivity contribution in [2.24, 2.45) is 5.92 Å². The lowest BCUT2D eigenvalue weighted by atomic mass is 9.93. The fourth-order valence-corrected chi connectivity index (χ4v) is 3.70. The van der Waals surface area contributed by atoms with Crippen molar-refractivity contribution in [3.63, 3.8) is 0 Å². The predicted molar refractivity (Wildman–Crippen MR) is 105 cm³/mol. The molecular weight excluding hydrogens is 395 g/mol. The van der Waals surface area contributed by atoms with E-state index in [4.69, 9.17) is 10.2 Å². The molecule has 0 bridgehead atoms. The number of halogens is 3. The highest BCUT2D eigenvalue weighted by atomic mass is 19.4. The summed E-state index contributed by atoms with van der Waals surface area (Å²) in [7, 11) is 2.08. The van der Waals surface area contributed by atoms with E-state index in [9.17, 15) is 13.2 Å². The summed E-state index contributed by atoms with van der Waals surface area (Å²) >= 11 is 0. The van der Waals surface area contributed by atoms with Gasteiger partial charge in [0.1, 0.15) is 11.6 Å². The highest BCUT2D eigenvalue weighted by Crippen LogP contribution is 2.33. The van der Waals surface area contributed by atoms with E-state index in [1.165, 1.54) is 0 Å². The van der Waals surface area contributed by atoms with Crippen LogP contribution in [0.1, 0.15) is 30.0 Å². The van der Waals surface area contributed by atoms with Gasteiger partial charge in [-0.25, -0.2) is 9.97 Å². The highest BCUT2D eigenvalue weighted by molar-refractivity contribution is 5.56. The Morgan fingerprint density at radius 1 is 1.13 bits per heavy atom. The van der Waals surface area contributed by atoms with Gasteiger partial charge in [-0.1, -0.05) is 0 Å². The maximum Gasteiger partial charge on any atom is 0.416 e. The first-order valence-corrected chi connectivity index (χ1v) is 9.84. The predicted octanol–water partition coefficient (Wildman–Crippen LogP) is 3.40. The van der Waals surface area contributed by atoms with E-state index in [-0.39, 0.29) is 17.7 Å². The van der Waals surface area contributed by atoms with Crippen LogP contribution in [-0.2, 0) is 6.18 Å². The summed E-state index contributed by atoms with van der Waals surface area (Å²) in [6.45, 7) is 3.02.